The predicted molar refractivity (Wildman–Crippen MR) is 121 cm³/mol. The second-order valence-corrected chi connectivity index (χ2v) is 8.78. The van der Waals surface area contributed by atoms with Crippen LogP contribution in [0, 0.1) is 13.8 Å². The third-order valence-corrected chi connectivity index (χ3v) is 6.07. The van der Waals surface area contributed by atoms with Gasteiger partial charge in [0.15, 0.2) is 5.78 Å². The molecule has 0 aromatic carbocycles. The first-order valence-electron chi connectivity index (χ1n) is 11.0. The van der Waals surface area contributed by atoms with E-state index in [0.717, 1.165) is 42.3 Å². The molecule has 172 valence electrons. The smallest absolute Gasteiger partial charge is 0.286 e. The Hall–Kier alpha value is -3.06. The van der Waals surface area contributed by atoms with Crippen molar-refractivity contribution in [3.63, 3.8) is 0 Å². The van der Waals surface area contributed by atoms with Gasteiger partial charge >= 0.3 is 0 Å². The van der Waals surface area contributed by atoms with Crippen molar-refractivity contribution in [2.45, 2.75) is 58.5 Å². The van der Waals surface area contributed by atoms with Crippen molar-refractivity contribution in [3.8, 4) is 11.3 Å². The van der Waals surface area contributed by atoms with Crippen molar-refractivity contribution < 1.29 is 18.3 Å². The zero-order chi connectivity index (χ0) is 23.8. The number of ketones is 1. The molecule has 4 heterocycles. The van der Waals surface area contributed by atoms with E-state index in [1.807, 2.05) is 32.0 Å². The number of hydrogen-bond acceptors (Lipinski definition) is 5. The molecule has 33 heavy (non-hydrogen) atoms. The highest BCUT2D eigenvalue weighted by molar-refractivity contribution is 6.01. The summed E-state index contributed by atoms with van der Waals surface area (Å²) in [5, 5.41) is 0. The highest BCUT2D eigenvalue weighted by Crippen LogP contribution is 2.39. The minimum Gasteiger partial charge on any atom is -0.373 e. The Morgan fingerprint density at radius 3 is 2.58 bits per heavy atom. The standard InChI is InChI=1S/C26H27F2N3O2/c1-15-11-21(18-8-10-33-22(13-18)19-7-9-29-16(2)12-19)31-25(24(15)17(3)32)20-5-6-23(30-14-20)26(4,27)28/h5-7,9,11-12,14,18,22H,8,10,13H2,1-4H3/t18-,22+/m0/s1. The molecule has 3 aromatic heterocycles. The normalized spacial score (nSPS) is 18.8. The lowest BCUT2D eigenvalue weighted by atomic mass is 9.87. The maximum Gasteiger partial charge on any atom is 0.286 e. The fourth-order valence-electron chi connectivity index (χ4n) is 4.42. The lowest BCUT2D eigenvalue weighted by molar-refractivity contribution is 0.00456. The van der Waals surface area contributed by atoms with Crippen LogP contribution in [-0.2, 0) is 10.7 Å². The van der Waals surface area contributed by atoms with Crippen LogP contribution in [0.2, 0.25) is 0 Å². The second kappa shape index (κ2) is 9.06. The number of aryl methyl sites for hydroxylation is 2. The lowest BCUT2D eigenvalue weighted by Crippen LogP contribution is -2.20. The zero-order valence-corrected chi connectivity index (χ0v) is 19.2. The fraction of sp³-hybridized carbons (Fsp3) is 0.385. The van der Waals surface area contributed by atoms with Crippen LogP contribution in [0.25, 0.3) is 11.3 Å². The predicted octanol–water partition coefficient (Wildman–Crippen LogP) is 6.11. The molecule has 3 aromatic rings. The summed E-state index contributed by atoms with van der Waals surface area (Å²) in [7, 11) is 0. The number of halogens is 2. The molecule has 7 heteroatoms. The molecule has 1 saturated heterocycles. The summed E-state index contributed by atoms with van der Waals surface area (Å²) in [6, 6.07) is 8.82. The Kier molecular flexibility index (Phi) is 6.34. The van der Waals surface area contributed by atoms with Gasteiger partial charge in [0.2, 0.25) is 0 Å². The molecule has 1 aliphatic rings. The van der Waals surface area contributed by atoms with Gasteiger partial charge in [0, 0.05) is 54.4 Å². The fourth-order valence-corrected chi connectivity index (χ4v) is 4.42. The van der Waals surface area contributed by atoms with Gasteiger partial charge in [0.25, 0.3) is 5.92 Å². The minimum absolute atomic E-state index is 0.0591. The van der Waals surface area contributed by atoms with Gasteiger partial charge in [0.05, 0.1) is 11.8 Å². The molecule has 1 fully saturated rings. The quantitative estimate of drug-likeness (QED) is 0.438. The zero-order valence-electron chi connectivity index (χ0n) is 19.2. The number of carbonyl (C=O) groups is 1. The summed E-state index contributed by atoms with van der Waals surface area (Å²) in [6.45, 7) is 6.74. The van der Waals surface area contributed by atoms with Crippen molar-refractivity contribution in [3.05, 3.63) is 76.5 Å². The van der Waals surface area contributed by atoms with E-state index in [1.165, 1.54) is 19.2 Å². The number of nitrogens with zero attached hydrogens (tertiary/aromatic N) is 3. The van der Waals surface area contributed by atoms with Gasteiger partial charge in [0.1, 0.15) is 5.69 Å². The first kappa shape index (κ1) is 23.1. The van der Waals surface area contributed by atoms with E-state index in [4.69, 9.17) is 9.72 Å². The van der Waals surface area contributed by atoms with E-state index < -0.39 is 5.92 Å². The first-order chi connectivity index (χ1) is 15.6. The van der Waals surface area contributed by atoms with Crippen molar-refractivity contribution in [1.82, 2.24) is 15.0 Å². The van der Waals surface area contributed by atoms with Crippen LogP contribution < -0.4 is 0 Å². The van der Waals surface area contributed by atoms with Crippen LogP contribution in [-0.4, -0.2) is 27.3 Å². The molecule has 0 radical (unpaired) electrons. The van der Waals surface area contributed by atoms with Crippen molar-refractivity contribution in [1.29, 1.82) is 0 Å². The van der Waals surface area contributed by atoms with Gasteiger partial charge < -0.3 is 4.74 Å². The third kappa shape index (κ3) is 4.98. The molecule has 0 saturated carbocycles. The highest BCUT2D eigenvalue weighted by atomic mass is 19.3. The monoisotopic (exact) mass is 451 g/mol. The highest BCUT2D eigenvalue weighted by Gasteiger charge is 2.29. The van der Waals surface area contributed by atoms with Crippen LogP contribution in [0.15, 0.2) is 42.7 Å². The Morgan fingerprint density at radius 1 is 1.15 bits per heavy atom. The van der Waals surface area contributed by atoms with E-state index in [1.54, 1.807) is 12.3 Å². The van der Waals surface area contributed by atoms with Gasteiger partial charge in [-0.25, -0.2) is 0 Å². The number of hydrogen-bond donors (Lipinski definition) is 0. The second-order valence-electron chi connectivity index (χ2n) is 8.78. The third-order valence-electron chi connectivity index (χ3n) is 6.07. The summed E-state index contributed by atoms with van der Waals surface area (Å²) in [5.74, 6) is -3.01. The summed E-state index contributed by atoms with van der Waals surface area (Å²) in [4.78, 5) is 25.5. The minimum atomic E-state index is -3.03. The number of aromatic nitrogens is 3. The van der Waals surface area contributed by atoms with Crippen LogP contribution in [0.3, 0.4) is 0 Å². The Bertz CT molecular complexity index is 1170. The molecule has 2 atom stereocenters. The number of Topliss-reactive ketones (excluding diaryl/α,β-unsaturated/α-hetero) is 1. The summed E-state index contributed by atoms with van der Waals surface area (Å²) < 4.78 is 33.3. The molecule has 4 rings (SSSR count). The molecule has 0 N–H and O–H groups in total. The number of ether oxygens (including phenoxy) is 1. The van der Waals surface area contributed by atoms with Crippen LogP contribution in [0.4, 0.5) is 8.78 Å². The van der Waals surface area contributed by atoms with E-state index in [0.29, 0.717) is 23.4 Å². The maximum absolute atomic E-state index is 13.6. The summed E-state index contributed by atoms with van der Waals surface area (Å²) >= 11 is 0. The number of pyridine rings is 3. The van der Waals surface area contributed by atoms with E-state index >= 15 is 0 Å². The topological polar surface area (TPSA) is 65.0 Å². The molecule has 0 unspecified atom stereocenters. The van der Waals surface area contributed by atoms with Crippen LogP contribution >= 0.6 is 0 Å². The van der Waals surface area contributed by atoms with Crippen LogP contribution in [0.1, 0.15) is 77.3 Å². The van der Waals surface area contributed by atoms with Crippen molar-refractivity contribution in [2.75, 3.05) is 6.61 Å². The maximum atomic E-state index is 13.6. The summed E-state index contributed by atoms with van der Waals surface area (Å²) in [6.07, 6.45) is 4.67. The number of rotatable bonds is 5. The van der Waals surface area contributed by atoms with Gasteiger partial charge in [-0.3, -0.25) is 19.7 Å². The van der Waals surface area contributed by atoms with Crippen molar-refractivity contribution in [2.24, 2.45) is 0 Å². The SMILES string of the molecule is CC(=O)c1c(C)cc([C@H]2CCO[C@@H](c3ccnc(C)c3)C2)nc1-c1ccc(C(C)(F)F)nc1. The van der Waals surface area contributed by atoms with Gasteiger partial charge in [-0.05, 0) is 75.1 Å². The average molecular weight is 452 g/mol. The largest absolute Gasteiger partial charge is 0.373 e. The Labute approximate surface area is 192 Å². The van der Waals surface area contributed by atoms with Gasteiger partial charge in [-0.2, -0.15) is 8.78 Å². The van der Waals surface area contributed by atoms with Crippen LogP contribution in [0.5, 0.6) is 0 Å². The number of alkyl halides is 2. The molecular formula is C26H27F2N3O2. The van der Waals surface area contributed by atoms with E-state index in [9.17, 15) is 13.6 Å². The average Bonchev–Trinajstić information content (AvgIpc) is 2.78. The van der Waals surface area contributed by atoms with Gasteiger partial charge in [-0.15, -0.1) is 0 Å². The van der Waals surface area contributed by atoms with E-state index in [2.05, 4.69) is 9.97 Å². The lowest BCUT2D eigenvalue weighted by Gasteiger charge is -2.30. The Balaban J connectivity index is 1.71. The molecule has 0 aliphatic carbocycles. The molecule has 1 aliphatic heterocycles. The summed E-state index contributed by atoms with van der Waals surface area (Å²) in [5.41, 5.74) is 4.92. The molecule has 0 bridgehead atoms. The van der Waals surface area contributed by atoms with Gasteiger partial charge in [-0.1, -0.05) is 0 Å². The molecular weight excluding hydrogens is 424 g/mol. The first-order valence-corrected chi connectivity index (χ1v) is 11.0. The Morgan fingerprint density at radius 2 is 1.94 bits per heavy atom. The molecule has 0 amide bonds. The number of carbonyl (C=O) groups excluding carboxylic acids is 1. The van der Waals surface area contributed by atoms with Crippen molar-refractivity contribution >= 4 is 5.78 Å². The van der Waals surface area contributed by atoms with E-state index in [-0.39, 0.29) is 23.5 Å². The molecule has 0 spiro atoms. The molecule has 5 nitrogen and oxygen atoms in total.